The minimum Gasteiger partial charge on any atom is -0.458 e. The van der Waals surface area contributed by atoms with Crippen LogP contribution in [0.15, 0.2) is 0 Å². The van der Waals surface area contributed by atoms with Gasteiger partial charge in [0.25, 0.3) is 0 Å². The van der Waals surface area contributed by atoms with Gasteiger partial charge in [0.05, 0.1) is 5.39 Å². The lowest BCUT2D eigenvalue weighted by molar-refractivity contribution is -0.142. The average molecular weight is 297 g/mol. The molecule has 2 aromatic rings. The number of fused-ring (bicyclic) bond motifs is 3. The van der Waals surface area contributed by atoms with Crippen LogP contribution in [-0.2, 0) is 29.0 Å². The highest BCUT2D eigenvalue weighted by atomic mass is 35.5. The van der Waals surface area contributed by atoms with Gasteiger partial charge in [0.2, 0.25) is 0 Å². The summed E-state index contributed by atoms with van der Waals surface area (Å²) in [6, 6.07) is 0. The van der Waals surface area contributed by atoms with Crippen molar-refractivity contribution in [1.29, 1.82) is 0 Å². The van der Waals surface area contributed by atoms with Crippen molar-refractivity contribution in [2.45, 2.75) is 39.2 Å². The van der Waals surface area contributed by atoms with E-state index in [4.69, 9.17) is 16.3 Å². The lowest BCUT2D eigenvalue weighted by Gasteiger charge is -2.10. The van der Waals surface area contributed by atoms with Gasteiger partial charge in [-0.1, -0.05) is 11.6 Å². The molecule has 2 heterocycles. The predicted octanol–water partition coefficient (Wildman–Crippen LogP) is 3.29. The number of rotatable bonds is 2. The molecule has 0 fully saturated rings. The van der Waals surface area contributed by atoms with Gasteiger partial charge in [-0.25, -0.2) is 9.97 Å². The zero-order valence-electron chi connectivity index (χ0n) is 10.5. The molecular weight excluding hydrogens is 284 g/mol. The quantitative estimate of drug-likeness (QED) is 0.630. The van der Waals surface area contributed by atoms with Crippen LogP contribution < -0.4 is 0 Å². The molecule has 0 unspecified atom stereocenters. The highest BCUT2D eigenvalue weighted by Crippen LogP contribution is 2.38. The molecule has 3 rings (SSSR count). The van der Waals surface area contributed by atoms with E-state index in [0.717, 1.165) is 23.1 Å². The Labute approximate surface area is 119 Å². The van der Waals surface area contributed by atoms with Crippen molar-refractivity contribution >= 4 is 39.1 Å². The molecule has 1 aliphatic rings. The lowest BCUT2D eigenvalue weighted by atomic mass is 9.97. The third kappa shape index (κ3) is 2.44. The topological polar surface area (TPSA) is 52.1 Å². The maximum absolute atomic E-state index is 10.8. The van der Waals surface area contributed by atoms with E-state index in [1.54, 1.807) is 11.3 Å². The maximum atomic E-state index is 10.8. The van der Waals surface area contributed by atoms with Crippen LogP contribution in [0.3, 0.4) is 0 Å². The van der Waals surface area contributed by atoms with Crippen molar-refractivity contribution in [1.82, 2.24) is 9.97 Å². The number of halogens is 1. The molecule has 0 aromatic carbocycles. The summed E-state index contributed by atoms with van der Waals surface area (Å²) in [6.45, 7) is 1.44. The molecule has 6 heteroatoms. The zero-order valence-corrected chi connectivity index (χ0v) is 12.1. The number of carbonyl (C=O) groups excluding carboxylic acids is 1. The summed E-state index contributed by atoms with van der Waals surface area (Å²) in [5, 5.41) is 1.47. The first kappa shape index (κ1) is 12.8. The van der Waals surface area contributed by atoms with Gasteiger partial charge in [-0.2, -0.15) is 0 Å². The van der Waals surface area contributed by atoms with Crippen molar-refractivity contribution in [3.8, 4) is 0 Å². The van der Waals surface area contributed by atoms with Crippen molar-refractivity contribution in [2.75, 3.05) is 0 Å². The second kappa shape index (κ2) is 5.06. The lowest BCUT2D eigenvalue weighted by Crippen LogP contribution is -2.03. The van der Waals surface area contributed by atoms with E-state index in [2.05, 4.69) is 9.97 Å². The van der Waals surface area contributed by atoms with Crippen molar-refractivity contribution in [3.05, 3.63) is 21.4 Å². The van der Waals surface area contributed by atoms with Gasteiger partial charge >= 0.3 is 5.97 Å². The average Bonchev–Trinajstić information content (AvgIpc) is 2.74. The Bertz CT molecular complexity index is 654. The SMILES string of the molecule is CC(=O)OCc1nc(Cl)c2c3c(sc2n1)CCCC3. The first-order valence-electron chi connectivity index (χ1n) is 6.25. The van der Waals surface area contributed by atoms with Crippen LogP contribution in [0.2, 0.25) is 5.15 Å². The predicted molar refractivity (Wildman–Crippen MR) is 74.5 cm³/mol. The first-order valence-corrected chi connectivity index (χ1v) is 7.44. The second-order valence-electron chi connectivity index (χ2n) is 4.60. The minimum absolute atomic E-state index is 0.0769. The van der Waals surface area contributed by atoms with Crippen LogP contribution in [0.4, 0.5) is 0 Å². The summed E-state index contributed by atoms with van der Waals surface area (Å²) < 4.78 is 4.92. The summed E-state index contributed by atoms with van der Waals surface area (Å²) in [5.74, 6) is 0.122. The van der Waals surface area contributed by atoms with E-state index in [9.17, 15) is 4.79 Å². The zero-order chi connectivity index (χ0) is 13.4. The van der Waals surface area contributed by atoms with Crippen molar-refractivity contribution < 1.29 is 9.53 Å². The molecule has 2 aromatic heterocycles. The number of carbonyl (C=O) groups is 1. The van der Waals surface area contributed by atoms with E-state index >= 15 is 0 Å². The Kier molecular flexibility index (Phi) is 3.41. The maximum Gasteiger partial charge on any atom is 0.303 e. The molecule has 1 aliphatic carbocycles. The molecule has 19 heavy (non-hydrogen) atoms. The largest absolute Gasteiger partial charge is 0.458 e. The monoisotopic (exact) mass is 296 g/mol. The Hall–Kier alpha value is -1.20. The number of thiophene rings is 1. The molecule has 0 N–H and O–H groups in total. The van der Waals surface area contributed by atoms with E-state index in [1.807, 2.05) is 0 Å². The fourth-order valence-corrected chi connectivity index (χ4v) is 4.02. The number of esters is 1. The highest BCUT2D eigenvalue weighted by molar-refractivity contribution is 7.19. The van der Waals surface area contributed by atoms with Crippen LogP contribution in [0.1, 0.15) is 36.0 Å². The van der Waals surface area contributed by atoms with Gasteiger partial charge in [-0.05, 0) is 31.2 Å². The number of nitrogens with zero attached hydrogens (tertiary/aromatic N) is 2. The fraction of sp³-hybridized carbons (Fsp3) is 0.462. The fourth-order valence-electron chi connectivity index (χ4n) is 2.39. The summed E-state index contributed by atoms with van der Waals surface area (Å²) in [4.78, 5) is 21.8. The second-order valence-corrected chi connectivity index (χ2v) is 6.04. The van der Waals surface area contributed by atoms with E-state index in [-0.39, 0.29) is 12.6 Å². The molecule has 100 valence electrons. The van der Waals surface area contributed by atoms with E-state index in [1.165, 1.54) is 30.2 Å². The number of aromatic nitrogens is 2. The van der Waals surface area contributed by atoms with E-state index in [0.29, 0.717) is 11.0 Å². The van der Waals surface area contributed by atoms with Crippen LogP contribution in [0.5, 0.6) is 0 Å². The van der Waals surface area contributed by atoms with Crippen LogP contribution in [0.25, 0.3) is 10.2 Å². The highest BCUT2D eigenvalue weighted by Gasteiger charge is 2.20. The van der Waals surface area contributed by atoms with Gasteiger partial charge in [-0.3, -0.25) is 4.79 Å². The summed E-state index contributed by atoms with van der Waals surface area (Å²) >= 11 is 7.96. The summed E-state index contributed by atoms with van der Waals surface area (Å²) in [7, 11) is 0. The molecule has 0 aliphatic heterocycles. The summed E-state index contributed by atoms with van der Waals surface area (Å²) in [5.41, 5.74) is 1.32. The third-order valence-electron chi connectivity index (χ3n) is 3.22. The van der Waals surface area contributed by atoms with Crippen LogP contribution >= 0.6 is 22.9 Å². The third-order valence-corrected chi connectivity index (χ3v) is 4.68. The Balaban J connectivity index is 2.03. The number of hydrogen-bond donors (Lipinski definition) is 0. The van der Waals surface area contributed by atoms with Crippen LogP contribution in [0, 0.1) is 0 Å². The van der Waals surface area contributed by atoms with Gasteiger partial charge in [0.1, 0.15) is 9.98 Å². The molecule has 0 spiro atoms. The smallest absolute Gasteiger partial charge is 0.303 e. The first-order chi connectivity index (χ1) is 9.15. The Morgan fingerprint density at radius 1 is 1.37 bits per heavy atom. The Morgan fingerprint density at radius 2 is 2.16 bits per heavy atom. The molecule has 0 amide bonds. The van der Waals surface area contributed by atoms with E-state index < -0.39 is 0 Å². The minimum atomic E-state index is -0.342. The molecular formula is C13H13ClN2O2S. The Morgan fingerprint density at radius 3 is 2.95 bits per heavy atom. The van der Waals surface area contributed by atoms with Gasteiger partial charge in [0.15, 0.2) is 12.4 Å². The molecule has 0 atom stereocenters. The molecule has 0 saturated heterocycles. The van der Waals surface area contributed by atoms with Gasteiger partial charge in [0, 0.05) is 11.8 Å². The molecule has 0 bridgehead atoms. The van der Waals surface area contributed by atoms with Crippen molar-refractivity contribution in [2.24, 2.45) is 0 Å². The number of hydrogen-bond acceptors (Lipinski definition) is 5. The molecule has 4 nitrogen and oxygen atoms in total. The van der Waals surface area contributed by atoms with Gasteiger partial charge < -0.3 is 4.74 Å². The summed E-state index contributed by atoms with van der Waals surface area (Å²) in [6.07, 6.45) is 4.59. The normalized spacial score (nSPS) is 14.4. The molecule has 0 radical (unpaired) electrons. The number of ether oxygens (including phenoxy) is 1. The van der Waals surface area contributed by atoms with Crippen LogP contribution in [-0.4, -0.2) is 15.9 Å². The number of aryl methyl sites for hydroxylation is 2. The van der Waals surface area contributed by atoms with Gasteiger partial charge in [-0.15, -0.1) is 11.3 Å². The molecule has 0 saturated carbocycles. The standard InChI is InChI=1S/C13H13ClN2O2S/c1-7(17)18-6-10-15-12(14)11-8-4-2-3-5-9(8)19-13(11)16-10/h2-6H2,1H3. The van der Waals surface area contributed by atoms with Crippen molar-refractivity contribution in [3.63, 3.8) is 0 Å².